The Labute approximate surface area is 160 Å². The molecule has 3 rings (SSSR count). The van der Waals surface area contributed by atoms with Gasteiger partial charge >= 0.3 is 5.97 Å². The van der Waals surface area contributed by atoms with E-state index in [1.807, 2.05) is 0 Å². The Balaban J connectivity index is 2.01. The summed E-state index contributed by atoms with van der Waals surface area (Å²) in [5.41, 5.74) is 6.37. The normalized spacial score (nSPS) is 16.5. The Morgan fingerprint density at radius 2 is 2.07 bits per heavy atom. The number of allylic oxidation sites excluding steroid dienone is 3. The van der Waals surface area contributed by atoms with E-state index < -0.39 is 16.7 Å². The molecule has 2 aliphatic rings. The fourth-order valence-corrected chi connectivity index (χ4v) is 4.20. The molecule has 0 unspecified atom stereocenters. The second kappa shape index (κ2) is 7.83. The summed E-state index contributed by atoms with van der Waals surface area (Å²) in [5.74, 6) is -1.09. The molecule has 3 N–H and O–H groups in total. The van der Waals surface area contributed by atoms with Gasteiger partial charge in [0.25, 0.3) is 5.69 Å². The van der Waals surface area contributed by atoms with E-state index in [2.05, 4.69) is 5.32 Å². The van der Waals surface area contributed by atoms with Crippen LogP contribution in [0.3, 0.4) is 0 Å². The summed E-state index contributed by atoms with van der Waals surface area (Å²) in [6.45, 7) is 1.86. The lowest BCUT2D eigenvalue weighted by atomic mass is 10.0. The van der Waals surface area contributed by atoms with E-state index in [4.69, 9.17) is 10.5 Å². The average molecular weight is 389 g/mol. The van der Waals surface area contributed by atoms with Gasteiger partial charge in [-0.2, -0.15) is 0 Å². The zero-order valence-corrected chi connectivity index (χ0v) is 15.6. The maximum Gasteiger partial charge on any atom is 0.356 e. The van der Waals surface area contributed by atoms with Crippen molar-refractivity contribution in [2.75, 3.05) is 12.3 Å². The zero-order valence-electron chi connectivity index (χ0n) is 14.7. The fraction of sp³-hybridized carbons (Fsp3) is 0.333. The number of nitro groups is 1. The summed E-state index contributed by atoms with van der Waals surface area (Å²) in [5, 5.41) is 14.2. The van der Waals surface area contributed by atoms with Gasteiger partial charge in [0.2, 0.25) is 5.78 Å². The van der Waals surface area contributed by atoms with Crippen LogP contribution in [0.25, 0.3) is 0 Å². The van der Waals surface area contributed by atoms with Crippen molar-refractivity contribution in [3.63, 3.8) is 0 Å². The third kappa shape index (κ3) is 3.82. The highest BCUT2D eigenvalue weighted by Gasteiger charge is 2.32. The molecule has 1 aromatic rings. The Kier molecular flexibility index (Phi) is 5.50. The van der Waals surface area contributed by atoms with Gasteiger partial charge in [-0.15, -0.1) is 0 Å². The smallest absolute Gasteiger partial charge is 0.356 e. The number of rotatable bonds is 5. The fourth-order valence-electron chi connectivity index (χ4n) is 2.99. The summed E-state index contributed by atoms with van der Waals surface area (Å²) in [6.07, 6.45) is 3.65. The van der Waals surface area contributed by atoms with Crippen molar-refractivity contribution in [1.29, 1.82) is 0 Å². The highest BCUT2D eigenvalue weighted by Crippen LogP contribution is 2.42. The van der Waals surface area contributed by atoms with E-state index in [1.165, 1.54) is 23.9 Å². The number of ether oxygens (including phenoxy) is 1. The van der Waals surface area contributed by atoms with E-state index in [1.54, 1.807) is 6.92 Å². The van der Waals surface area contributed by atoms with Crippen LogP contribution in [0.4, 0.5) is 11.4 Å². The summed E-state index contributed by atoms with van der Waals surface area (Å²) in [6, 6.07) is 3.88. The Morgan fingerprint density at radius 3 is 2.78 bits per heavy atom. The monoisotopic (exact) mass is 389 g/mol. The van der Waals surface area contributed by atoms with Crippen LogP contribution >= 0.6 is 11.8 Å². The predicted molar refractivity (Wildman–Crippen MR) is 102 cm³/mol. The van der Waals surface area contributed by atoms with Crippen molar-refractivity contribution < 1.29 is 19.2 Å². The minimum atomic E-state index is -0.638. The zero-order chi connectivity index (χ0) is 19.6. The molecule has 0 saturated carbocycles. The second-order valence-electron chi connectivity index (χ2n) is 6.12. The first-order valence-electron chi connectivity index (χ1n) is 8.59. The maximum absolute atomic E-state index is 13.1. The average Bonchev–Trinajstić information content (AvgIpc) is 2.66. The standard InChI is InChI=1S/C18H19N3O5S/c1-2-26-18(23)15-17(27-14-6-4-3-5-12(14)20-15)16(22)10-7-8-11(19)13(9-10)21(24)25/h7-9,20H,2-6,19H2,1H3. The molecular formula is C18H19N3O5S. The molecule has 142 valence electrons. The van der Waals surface area contributed by atoms with E-state index in [-0.39, 0.29) is 34.1 Å². The van der Waals surface area contributed by atoms with E-state index in [0.29, 0.717) is 0 Å². The molecule has 1 aliphatic heterocycles. The largest absolute Gasteiger partial charge is 0.461 e. The third-order valence-corrected chi connectivity index (χ3v) is 5.61. The number of nitro benzene ring substituents is 1. The Morgan fingerprint density at radius 1 is 1.33 bits per heavy atom. The maximum atomic E-state index is 13.1. The number of thioether (sulfide) groups is 1. The molecule has 0 bridgehead atoms. The molecule has 0 fully saturated rings. The van der Waals surface area contributed by atoms with Gasteiger partial charge in [0, 0.05) is 22.2 Å². The number of hydrogen-bond acceptors (Lipinski definition) is 8. The molecule has 0 atom stereocenters. The van der Waals surface area contributed by atoms with Crippen LogP contribution in [-0.2, 0) is 9.53 Å². The molecule has 1 aromatic carbocycles. The second-order valence-corrected chi connectivity index (χ2v) is 7.23. The van der Waals surface area contributed by atoms with Crippen LogP contribution in [0.2, 0.25) is 0 Å². The first kappa shape index (κ1) is 19.0. The van der Waals surface area contributed by atoms with Crippen LogP contribution in [0, 0.1) is 10.1 Å². The number of hydrogen-bond donors (Lipinski definition) is 2. The molecule has 1 aliphatic carbocycles. The van der Waals surface area contributed by atoms with Crippen molar-refractivity contribution in [2.24, 2.45) is 0 Å². The minimum Gasteiger partial charge on any atom is -0.461 e. The lowest BCUT2D eigenvalue weighted by Crippen LogP contribution is -2.30. The molecule has 0 radical (unpaired) electrons. The highest BCUT2D eigenvalue weighted by molar-refractivity contribution is 8.07. The van der Waals surface area contributed by atoms with Crippen molar-refractivity contribution in [1.82, 2.24) is 5.32 Å². The summed E-state index contributed by atoms with van der Waals surface area (Å²) < 4.78 is 5.08. The lowest BCUT2D eigenvalue weighted by molar-refractivity contribution is -0.383. The number of Topliss-reactive ketones (excluding diaryl/α,β-unsaturated/α-hetero) is 1. The van der Waals surface area contributed by atoms with Gasteiger partial charge in [-0.05, 0) is 44.7 Å². The quantitative estimate of drug-likeness (QED) is 0.258. The van der Waals surface area contributed by atoms with E-state index in [0.717, 1.165) is 42.4 Å². The van der Waals surface area contributed by atoms with Crippen LogP contribution in [-0.4, -0.2) is 23.3 Å². The number of esters is 1. The molecule has 27 heavy (non-hydrogen) atoms. The van der Waals surface area contributed by atoms with Crippen molar-refractivity contribution in [3.05, 3.63) is 55.1 Å². The molecule has 0 amide bonds. The van der Waals surface area contributed by atoms with Crippen molar-refractivity contribution in [3.8, 4) is 0 Å². The van der Waals surface area contributed by atoms with Crippen molar-refractivity contribution in [2.45, 2.75) is 32.6 Å². The number of benzene rings is 1. The van der Waals surface area contributed by atoms with E-state index in [9.17, 15) is 19.7 Å². The first-order valence-corrected chi connectivity index (χ1v) is 9.41. The minimum absolute atomic E-state index is 0.0251. The molecule has 0 saturated heterocycles. The van der Waals surface area contributed by atoms with Gasteiger partial charge < -0.3 is 15.8 Å². The van der Waals surface area contributed by atoms with E-state index >= 15 is 0 Å². The number of nitrogens with one attached hydrogen (secondary N) is 1. The van der Waals surface area contributed by atoms with Crippen LogP contribution in [0.5, 0.6) is 0 Å². The van der Waals surface area contributed by atoms with Gasteiger partial charge in [-0.1, -0.05) is 11.8 Å². The molecule has 9 heteroatoms. The number of anilines is 1. The third-order valence-electron chi connectivity index (χ3n) is 4.32. The SMILES string of the molecule is CCOC(=O)C1=C(C(=O)c2ccc(N)c([N+](=O)[O-])c2)SC2=C(CCCC2)N1. The molecule has 0 aromatic heterocycles. The number of nitrogen functional groups attached to an aromatic ring is 1. The van der Waals surface area contributed by atoms with Crippen LogP contribution in [0.1, 0.15) is 43.0 Å². The molecule has 0 spiro atoms. The van der Waals surface area contributed by atoms with Gasteiger partial charge in [0.1, 0.15) is 11.4 Å². The van der Waals surface area contributed by atoms with Crippen LogP contribution in [0.15, 0.2) is 39.4 Å². The van der Waals surface area contributed by atoms with Gasteiger partial charge in [0.05, 0.1) is 16.4 Å². The highest BCUT2D eigenvalue weighted by atomic mass is 32.2. The van der Waals surface area contributed by atoms with Gasteiger partial charge in [-0.3, -0.25) is 14.9 Å². The predicted octanol–water partition coefficient (Wildman–Crippen LogP) is 3.26. The van der Waals surface area contributed by atoms with Gasteiger partial charge in [0.15, 0.2) is 0 Å². The lowest BCUT2D eigenvalue weighted by Gasteiger charge is -2.28. The number of carbonyl (C=O) groups excluding carboxylic acids is 2. The van der Waals surface area contributed by atoms with Crippen molar-refractivity contribution >= 4 is 34.9 Å². The number of ketones is 1. The molecular weight excluding hydrogens is 370 g/mol. The summed E-state index contributed by atoms with van der Waals surface area (Å²) >= 11 is 1.24. The Hall–Kier alpha value is -2.81. The van der Waals surface area contributed by atoms with Crippen LogP contribution < -0.4 is 11.1 Å². The van der Waals surface area contributed by atoms with Gasteiger partial charge in [-0.25, -0.2) is 4.79 Å². The number of nitrogens with two attached hydrogens (primary N) is 1. The first-order chi connectivity index (χ1) is 12.9. The molecule has 8 nitrogen and oxygen atoms in total. The summed E-state index contributed by atoms with van der Waals surface area (Å²) in [4.78, 5) is 37.1. The topological polar surface area (TPSA) is 125 Å². The molecule has 1 heterocycles. The Bertz CT molecular complexity index is 891. The number of carbonyl (C=O) groups is 2. The number of nitrogens with zero attached hydrogens (tertiary/aromatic N) is 1. The summed E-state index contributed by atoms with van der Waals surface area (Å²) in [7, 11) is 0.